The number of aryl methyl sites for hydroxylation is 1. The Labute approximate surface area is 112 Å². The molecule has 0 aliphatic heterocycles. The zero-order chi connectivity index (χ0) is 14.8. The number of carboxylic acids is 1. The van der Waals surface area contributed by atoms with Crippen LogP contribution in [0.1, 0.15) is 35.6 Å². The van der Waals surface area contributed by atoms with E-state index in [4.69, 9.17) is 5.11 Å². The van der Waals surface area contributed by atoms with Gasteiger partial charge in [-0.3, -0.25) is 0 Å². The average Bonchev–Trinajstić information content (AvgIpc) is 2.53. The van der Waals surface area contributed by atoms with Gasteiger partial charge in [0.1, 0.15) is 10.6 Å². The summed E-state index contributed by atoms with van der Waals surface area (Å²) in [6.07, 6.45) is 1.74. The first-order valence-corrected chi connectivity index (χ1v) is 7.20. The van der Waals surface area contributed by atoms with Crippen LogP contribution in [0.4, 0.5) is 0 Å². The van der Waals surface area contributed by atoms with Gasteiger partial charge < -0.3 is 10.1 Å². The number of hydrogen-bond donors (Lipinski definition) is 3. The van der Waals surface area contributed by atoms with E-state index in [9.17, 15) is 13.2 Å². The molecule has 106 valence electrons. The SMILES string of the molecule is CC(C)=CCNS(=O)(=O)c1c(C)[nH]c(C(=O)O)c1C. The first-order chi connectivity index (χ1) is 8.66. The number of sulfonamides is 1. The van der Waals surface area contributed by atoms with Gasteiger partial charge in [0.25, 0.3) is 0 Å². The van der Waals surface area contributed by atoms with Gasteiger partial charge in [0, 0.05) is 17.8 Å². The minimum absolute atomic E-state index is 0.00653. The second-order valence-corrected chi connectivity index (χ2v) is 6.22. The lowest BCUT2D eigenvalue weighted by molar-refractivity contribution is 0.0690. The molecule has 0 aliphatic rings. The molecule has 0 saturated heterocycles. The zero-order valence-corrected chi connectivity index (χ0v) is 12.2. The lowest BCUT2D eigenvalue weighted by Gasteiger charge is -2.05. The highest BCUT2D eigenvalue weighted by molar-refractivity contribution is 7.89. The van der Waals surface area contributed by atoms with Crippen molar-refractivity contribution in [1.29, 1.82) is 0 Å². The van der Waals surface area contributed by atoms with E-state index in [-0.39, 0.29) is 22.7 Å². The lowest BCUT2D eigenvalue weighted by Crippen LogP contribution is -2.25. The van der Waals surface area contributed by atoms with Gasteiger partial charge in [0.05, 0.1) is 0 Å². The summed E-state index contributed by atoms with van der Waals surface area (Å²) in [6, 6.07) is 0. The Hall–Kier alpha value is -1.60. The van der Waals surface area contributed by atoms with Crippen LogP contribution in [0.3, 0.4) is 0 Å². The Bertz CT molecular complexity index is 622. The molecule has 1 heterocycles. The Balaban J connectivity index is 3.15. The van der Waals surface area contributed by atoms with Crippen molar-refractivity contribution in [2.75, 3.05) is 6.54 Å². The molecule has 0 radical (unpaired) electrons. The molecule has 6 nitrogen and oxygen atoms in total. The number of aromatic nitrogens is 1. The first-order valence-electron chi connectivity index (χ1n) is 5.72. The van der Waals surface area contributed by atoms with Crippen molar-refractivity contribution in [3.8, 4) is 0 Å². The van der Waals surface area contributed by atoms with Crippen LogP contribution in [0.15, 0.2) is 16.5 Å². The Morgan fingerprint density at radius 1 is 1.37 bits per heavy atom. The number of carboxylic acid groups (broad SMARTS) is 1. The van der Waals surface area contributed by atoms with Crippen LogP contribution < -0.4 is 4.72 Å². The van der Waals surface area contributed by atoms with Gasteiger partial charge in [-0.2, -0.15) is 0 Å². The van der Waals surface area contributed by atoms with Crippen molar-refractivity contribution in [3.05, 3.63) is 28.6 Å². The van der Waals surface area contributed by atoms with Crippen LogP contribution in [-0.4, -0.2) is 31.0 Å². The molecule has 0 aromatic carbocycles. The molecule has 0 fully saturated rings. The number of H-pyrrole nitrogens is 1. The largest absolute Gasteiger partial charge is 0.477 e. The second kappa shape index (κ2) is 5.58. The Morgan fingerprint density at radius 2 is 1.95 bits per heavy atom. The fourth-order valence-corrected chi connectivity index (χ4v) is 3.18. The highest BCUT2D eigenvalue weighted by Crippen LogP contribution is 2.22. The maximum absolute atomic E-state index is 12.1. The number of aromatic amines is 1. The fourth-order valence-electron chi connectivity index (χ4n) is 1.78. The Morgan fingerprint density at radius 3 is 2.37 bits per heavy atom. The van der Waals surface area contributed by atoms with Gasteiger partial charge in [-0.05, 0) is 27.7 Å². The molecular weight excluding hydrogens is 268 g/mol. The maximum Gasteiger partial charge on any atom is 0.352 e. The van der Waals surface area contributed by atoms with Crippen molar-refractivity contribution >= 4 is 16.0 Å². The minimum atomic E-state index is -3.72. The van der Waals surface area contributed by atoms with Crippen molar-refractivity contribution in [1.82, 2.24) is 9.71 Å². The van der Waals surface area contributed by atoms with E-state index < -0.39 is 16.0 Å². The summed E-state index contributed by atoms with van der Waals surface area (Å²) in [4.78, 5) is 13.6. The van der Waals surface area contributed by atoms with E-state index in [1.54, 1.807) is 6.08 Å². The molecule has 0 saturated carbocycles. The molecule has 0 atom stereocenters. The number of carbonyl (C=O) groups is 1. The summed E-state index contributed by atoms with van der Waals surface area (Å²) in [7, 11) is -3.72. The highest BCUT2D eigenvalue weighted by Gasteiger charge is 2.25. The minimum Gasteiger partial charge on any atom is -0.477 e. The number of allylic oxidation sites excluding steroid dienone is 1. The lowest BCUT2D eigenvalue weighted by atomic mass is 10.2. The van der Waals surface area contributed by atoms with Crippen molar-refractivity contribution < 1.29 is 18.3 Å². The van der Waals surface area contributed by atoms with Gasteiger partial charge in [0.2, 0.25) is 10.0 Å². The predicted octanol–water partition coefficient (Wildman–Crippen LogP) is 1.57. The molecule has 3 N–H and O–H groups in total. The zero-order valence-electron chi connectivity index (χ0n) is 11.4. The molecule has 1 aromatic rings. The van der Waals surface area contributed by atoms with E-state index in [1.807, 2.05) is 13.8 Å². The summed E-state index contributed by atoms with van der Waals surface area (Å²) >= 11 is 0. The third-order valence-electron chi connectivity index (χ3n) is 2.63. The molecule has 0 spiro atoms. The molecule has 1 rings (SSSR count). The molecular formula is C12H18N2O4S. The first kappa shape index (κ1) is 15.5. The smallest absolute Gasteiger partial charge is 0.352 e. The van der Waals surface area contributed by atoms with Crippen molar-refractivity contribution in [2.24, 2.45) is 0 Å². The van der Waals surface area contributed by atoms with Crippen LogP contribution in [-0.2, 0) is 10.0 Å². The van der Waals surface area contributed by atoms with Crippen LogP contribution in [0, 0.1) is 13.8 Å². The molecule has 7 heteroatoms. The van der Waals surface area contributed by atoms with E-state index in [1.165, 1.54) is 13.8 Å². The topological polar surface area (TPSA) is 99.3 Å². The van der Waals surface area contributed by atoms with Crippen molar-refractivity contribution in [2.45, 2.75) is 32.6 Å². The predicted molar refractivity (Wildman–Crippen MR) is 71.8 cm³/mol. The number of nitrogens with one attached hydrogen (secondary N) is 2. The average molecular weight is 286 g/mol. The second-order valence-electron chi connectivity index (χ2n) is 4.52. The van der Waals surface area contributed by atoms with E-state index in [0.29, 0.717) is 5.69 Å². The molecule has 0 bridgehead atoms. The van der Waals surface area contributed by atoms with E-state index in [0.717, 1.165) is 5.57 Å². The van der Waals surface area contributed by atoms with Gasteiger partial charge in [-0.15, -0.1) is 0 Å². The van der Waals surface area contributed by atoms with Crippen LogP contribution >= 0.6 is 0 Å². The monoisotopic (exact) mass is 286 g/mol. The summed E-state index contributed by atoms with van der Waals surface area (Å²) < 4.78 is 26.7. The van der Waals surface area contributed by atoms with Gasteiger partial charge >= 0.3 is 5.97 Å². The number of aromatic carboxylic acids is 1. The third-order valence-corrected chi connectivity index (χ3v) is 4.33. The summed E-state index contributed by atoms with van der Waals surface area (Å²) in [6.45, 7) is 6.92. The van der Waals surface area contributed by atoms with Crippen LogP contribution in [0.5, 0.6) is 0 Å². The molecule has 1 aromatic heterocycles. The van der Waals surface area contributed by atoms with Crippen LogP contribution in [0.25, 0.3) is 0 Å². The molecule has 0 amide bonds. The quantitative estimate of drug-likeness (QED) is 0.715. The third kappa shape index (κ3) is 3.45. The van der Waals surface area contributed by atoms with Gasteiger partial charge in [0.15, 0.2) is 0 Å². The number of hydrogen-bond acceptors (Lipinski definition) is 3. The maximum atomic E-state index is 12.1. The van der Waals surface area contributed by atoms with Gasteiger partial charge in [-0.1, -0.05) is 11.6 Å². The normalized spacial score (nSPS) is 11.4. The van der Waals surface area contributed by atoms with E-state index >= 15 is 0 Å². The van der Waals surface area contributed by atoms with Crippen LogP contribution in [0.2, 0.25) is 0 Å². The molecule has 19 heavy (non-hydrogen) atoms. The standard InChI is InChI=1S/C12H18N2O4S/c1-7(2)5-6-13-19(17,18)11-8(3)10(12(15)16)14-9(11)4/h5,13-14H,6H2,1-4H3,(H,15,16). The van der Waals surface area contributed by atoms with Crippen molar-refractivity contribution in [3.63, 3.8) is 0 Å². The number of rotatable bonds is 5. The van der Waals surface area contributed by atoms with E-state index in [2.05, 4.69) is 9.71 Å². The molecule has 0 aliphatic carbocycles. The summed E-state index contributed by atoms with van der Waals surface area (Å²) in [5.41, 5.74) is 1.44. The fraction of sp³-hybridized carbons (Fsp3) is 0.417. The summed E-state index contributed by atoms with van der Waals surface area (Å²) in [5, 5.41) is 8.96. The molecule has 0 unspecified atom stereocenters. The highest BCUT2D eigenvalue weighted by atomic mass is 32.2. The van der Waals surface area contributed by atoms with Gasteiger partial charge in [-0.25, -0.2) is 17.9 Å². The summed E-state index contributed by atoms with van der Waals surface area (Å²) in [5.74, 6) is -1.17. The Kier molecular flexibility index (Phi) is 4.54.